The van der Waals surface area contributed by atoms with E-state index in [1.807, 2.05) is 45.0 Å². The molecule has 1 aromatic carbocycles. The van der Waals surface area contributed by atoms with Crippen LogP contribution in [0.1, 0.15) is 45.6 Å². The lowest BCUT2D eigenvalue weighted by Crippen LogP contribution is -2.52. The van der Waals surface area contributed by atoms with Crippen molar-refractivity contribution in [1.82, 2.24) is 5.32 Å². The van der Waals surface area contributed by atoms with E-state index in [1.54, 1.807) is 6.92 Å². The van der Waals surface area contributed by atoms with Crippen molar-refractivity contribution in [3.63, 3.8) is 0 Å². The van der Waals surface area contributed by atoms with Crippen molar-refractivity contribution in [1.29, 1.82) is 0 Å². The van der Waals surface area contributed by atoms with Crippen LogP contribution in [0.3, 0.4) is 0 Å². The number of carboxylic acids is 1. The molecular weight excluding hydrogens is 266 g/mol. The van der Waals surface area contributed by atoms with Crippen LogP contribution in [0.25, 0.3) is 0 Å². The fraction of sp³-hybridized carbons (Fsp3) is 0.588. The quantitative estimate of drug-likeness (QED) is 0.685. The Bertz CT molecular complexity index is 459. The van der Waals surface area contributed by atoms with E-state index < -0.39 is 11.5 Å². The highest BCUT2D eigenvalue weighted by Gasteiger charge is 2.32. The normalized spacial score (nSPS) is 14.0. The van der Waals surface area contributed by atoms with Gasteiger partial charge in [0.25, 0.3) is 0 Å². The van der Waals surface area contributed by atoms with Crippen LogP contribution >= 0.6 is 0 Å². The van der Waals surface area contributed by atoms with Gasteiger partial charge in [-0.1, -0.05) is 18.2 Å². The molecule has 0 spiro atoms. The SMILES string of the molecule is Cc1ccccc1OCCCCC(C)(NC(C)C)C(=O)O. The summed E-state index contributed by atoms with van der Waals surface area (Å²) in [4.78, 5) is 11.4. The molecule has 0 saturated heterocycles. The van der Waals surface area contributed by atoms with Crippen LogP contribution in [0.4, 0.5) is 0 Å². The van der Waals surface area contributed by atoms with Gasteiger partial charge < -0.3 is 9.84 Å². The summed E-state index contributed by atoms with van der Waals surface area (Å²) in [5.41, 5.74) is 0.256. The average molecular weight is 293 g/mol. The summed E-state index contributed by atoms with van der Waals surface area (Å²) in [6.45, 7) is 8.30. The highest BCUT2D eigenvalue weighted by atomic mass is 16.5. The number of aliphatic carboxylic acids is 1. The van der Waals surface area contributed by atoms with Crippen LogP contribution in [0.2, 0.25) is 0 Å². The summed E-state index contributed by atoms with van der Waals surface area (Å²) in [6, 6.07) is 8.06. The fourth-order valence-electron chi connectivity index (χ4n) is 2.36. The Morgan fingerprint density at radius 1 is 1.33 bits per heavy atom. The topological polar surface area (TPSA) is 58.6 Å². The molecule has 0 aromatic heterocycles. The minimum atomic E-state index is -0.864. The molecule has 1 aromatic rings. The van der Waals surface area contributed by atoms with Crippen molar-refractivity contribution in [2.45, 2.75) is 58.5 Å². The molecule has 0 aliphatic carbocycles. The van der Waals surface area contributed by atoms with Crippen molar-refractivity contribution in [2.24, 2.45) is 0 Å². The summed E-state index contributed by atoms with van der Waals surface area (Å²) in [5, 5.41) is 12.5. The van der Waals surface area contributed by atoms with E-state index in [0.717, 1.165) is 24.2 Å². The molecule has 0 radical (unpaired) electrons. The van der Waals surface area contributed by atoms with Crippen LogP contribution in [0, 0.1) is 6.92 Å². The maximum Gasteiger partial charge on any atom is 0.323 e. The number of aryl methyl sites for hydroxylation is 1. The molecule has 0 aliphatic heterocycles. The van der Waals surface area contributed by atoms with Gasteiger partial charge in [0.15, 0.2) is 0 Å². The molecule has 0 fully saturated rings. The number of ether oxygens (including phenoxy) is 1. The van der Waals surface area contributed by atoms with E-state index in [2.05, 4.69) is 5.32 Å². The maximum atomic E-state index is 11.4. The lowest BCUT2D eigenvalue weighted by atomic mass is 9.94. The van der Waals surface area contributed by atoms with Gasteiger partial charge in [-0.05, 0) is 58.6 Å². The van der Waals surface area contributed by atoms with Gasteiger partial charge in [0.05, 0.1) is 6.61 Å². The zero-order chi connectivity index (χ0) is 15.9. The average Bonchev–Trinajstić information content (AvgIpc) is 2.39. The Kier molecular flexibility index (Phi) is 6.69. The first-order valence-electron chi connectivity index (χ1n) is 7.54. The Morgan fingerprint density at radius 2 is 2.00 bits per heavy atom. The van der Waals surface area contributed by atoms with Gasteiger partial charge in [0, 0.05) is 6.04 Å². The number of hydrogen-bond acceptors (Lipinski definition) is 3. The van der Waals surface area contributed by atoms with E-state index in [4.69, 9.17) is 4.74 Å². The molecule has 0 bridgehead atoms. The third kappa shape index (κ3) is 5.76. The third-order valence-corrected chi connectivity index (χ3v) is 3.50. The Balaban J connectivity index is 2.35. The smallest absolute Gasteiger partial charge is 0.323 e. The summed E-state index contributed by atoms with van der Waals surface area (Å²) < 4.78 is 5.73. The first-order chi connectivity index (χ1) is 9.85. The number of nitrogens with one attached hydrogen (secondary N) is 1. The molecule has 1 rings (SSSR count). The molecule has 118 valence electrons. The van der Waals surface area contributed by atoms with Gasteiger partial charge >= 0.3 is 5.97 Å². The monoisotopic (exact) mass is 293 g/mol. The molecule has 4 nitrogen and oxygen atoms in total. The lowest BCUT2D eigenvalue weighted by Gasteiger charge is -2.28. The molecule has 1 atom stereocenters. The van der Waals surface area contributed by atoms with Gasteiger partial charge in [0.1, 0.15) is 11.3 Å². The number of rotatable bonds is 9. The second-order valence-corrected chi connectivity index (χ2v) is 6.01. The van der Waals surface area contributed by atoms with Crippen molar-refractivity contribution in [3.8, 4) is 5.75 Å². The highest BCUT2D eigenvalue weighted by molar-refractivity contribution is 5.78. The standard InChI is InChI=1S/C17H27NO3/c1-13(2)18-17(4,16(19)20)11-7-8-12-21-15-10-6-5-9-14(15)3/h5-6,9-10,13,18H,7-8,11-12H2,1-4H3,(H,19,20). The summed E-state index contributed by atoms with van der Waals surface area (Å²) in [6.07, 6.45) is 2.25. The zero-order valence-corrected chi connectivity index (χ0v) is 13.5. The second kappa shape index (κ2) is 8.03. The van der Waals surface area contributed by atoms with E-state index in [0.29, 0.717) is 13.0 Å². The first kappa shape index (κ1) is 17.5. The summed E-state index contributed by atoms with van der Waals surface area (Å²) in [7, 11) is 0. The van der Waals surface area contributed by atoms with Crippen molar-refractivity contribution < 1.29 is 14.6 Å². The number of carbonyl (C=O) groups is 1. The van der Waals surface area contributed by atoms with Gasteiger partial charge in [0.2, 0.25) is 0 Å². The van der Waals surface area contributed by atoms with Crippen molar-refractivity contribution in [2.75, 3.05) is 6.61 Å². The van der Waals surface area contributed by atoms with Gasteiger partial charge in [-0.15, -0.1) is 0 Å². The van der Waals surface area contributed by atoms with Crippen LogP contribution in [-0.2, 0) is 4.79 Å². The van der Waals surface area contributed by atoms with Crippen LogP contribution in [0.5, 0.6) is 5.75 Å². The fourth-order valence-corrected chi connectivity index (χ4v) is 2.36. The molecule has 4 heteroatoms. The number of benzene rings is 1. The van der Waals surface area contributed by atoms with Gasteiger partial charge in [-0.2, -0.15) is 0 Å². The first-order valence-corrected chi connectivity index (χ1v) is 7.54. The minimum absolute atomic E-state index is 0.148. The van der Waals surface area contributed by atoms with Gasteiger partial charge in [-0.25, -0.2) is 0 Å². The van der Waals surface area contributed by atoms with Crippen molar-refractivity contribution >= 4 is 5.97 Å². The molecule has 21 heavy (non-hydrogen) atoms. The molecule has 0 amide bonds. The lowest BCUT2D eigenvalue weighted by molar-refractivity contribution is -0.144. The van der Waals surface area contributed by atoms with E-state index in [9.17, 15) is 9.90 Å². The largest absolute Gasteiger partial charge is 0.493 e. The van der Waals surface area contributed by atoms with Crippen molar-refractivity contribution in [3.05, 3.63) is 29.8 Å². The predicted molar refractivity (Wildman–Crippen MR) is 84.8 cm³/mol. The van der Waals surface area contributed by atoms with Crippen LogP contribution in [0.15, 0.2) is 24.3 Å². The number of hydrogen-bond donors (Lipinski definition) is 2. The van der Waals surface area contributed by atoms with E-state index in [1.165, 1.54) is 0 Å². The minimum Gasteiger partial charge on any atom is -0.493 e. The second-order valence-electron chi connectivity index (χ2n) is 6.01. The Labute approximate surface area is 127 Å². The number of unbranched alkanes of at least 4 members (excludes halogenated alkanes) is 1. The number of para-hydroxylation sites is 1. The molecule has 0 aliphatic rings. The maximum absolute atomic E-state index is 11.4. The molecular formula is C17H27NO3. The summed E-state index contributed by atoms with van der Waals surface area (Å²) in [5.74, 6) is 0.106. The van der Waals surface area contributed by atoms with E-state index in [-0.39, 0.29) is 6.04 Å². The molecule has 0 saturated carbocycles. The molecule has 0 heterocycles. The Morgan fingerprint density at radius 3 is 2.57 bits per heavy atom. The summed E-state index contributed by atoms with van der Waals surface area (Å²) >= 11 is 0. The number of carboxylic acid groups (broad SMARTS) is 1. The van der Waals surface area contributed by atoms with E-state index >= 15 is 0 Å². The highest BCUT2D eigenvalue weighted by Crippen LogP contribution is 2.18. The van der Waals surface area contributed by atoms with Crippen LogP contribution in [-0.4, -0.2) is 29.3 Å². The zero-order valence-electron chi connectivity index (χ0n) is 13.5. The molecule has 1 unspecified atom stereocenters. The third-order valence-electron chi connectivity index (χ3n) is 3.50. The van der Waals surface area contributed by atoms with Gasteiger partial charge in [-0.3, -0.25) is 10.1 Å². The molecule has 2 N–H and O–H groups in total. The Hall–Kier alpha value is -1.55. The van der Waals surface area contributed by atoms with Crippen LogP contribution < -0.4 is 10.1 Å². The predicted octanol–water partition coefficient (Wildman–Crippen LogP) is 3.39.